The summed E-state index contributed by atoms with van der Waals surface area (Å²) in [6.07, 6.45) is 14.4. The summed E-state index contributed by atoms with van der Waals surface area (Å²) in [5, 5.41) is 0. The van der Waals surface area contributed by atoms with Crippen molar-refractivity contribution in [3.05, 3.63) is 82.9 Å². The van der Waals surface area contributed by atoms with Crippen LogP contribution in [0.25, 0.3) is 22.3 Å². The van der Waals surface area contributed by atoms with Crippen LogP contribution in [0, 0.1) is 29.2 Å². The minimum absolute atomic E-state index is 0.0402. The quantitative estimate of drug-likeness (QED) is 0.112. The van der Waals surface area contributed by atoms with Crippen molar-refractivity contribution < 1.29 is 27.0 Å². The molecular weight excluding hydrogens is 564 g/mol. The number of aryl methyl sites for hydroxylation is 1. The second-order valence-electron chi connectivity index (χ2n) is 12.2. The van der Waals surface area contributed by atoms with Gasteiger partial charge in [0, 0.05) is 22.6 Å². The molecule has 0 N–H and O–H groups in total. The van der Waals surface area contributed by atoms with E-state index in [0.717, 1.165) is 32.1 Å². The molecule has 0 aromatic heterocycles. The lowest BCUT2D eigenvalue weighted by Gasteiger charge is -2.30. The maximum Gasteiger partial charge on any atom is 0.186 e. The van der Waals surface area contributed by atoms with Crippen LogP contribution in [0.4, 0.5) is 17.6 Å². The Hall–Kier alpha value is -2.70. The highest BCUT2D eigenvalue weighted by Gasteiger charge is 2.28. The minimum atomic E-state index is -1.00. The molecule has 0 atom stereocenters. The Labute approximate surface area is 261 Å². The smallest absolute Gasteiger partial charge is 0.186 e. The molecule has 1 aliphatic rings. The molecule has 240 valence electrons. The zero-order chi connectivity index (χ0) is 31.3. The van der Waals surface area contributed by atoms with E-state index in [0.29, 0.717) is 36.3 Å². The van der Waals surface area contributed by atoms with Crippen LogP contribution in [0.3, 0.4) is 0 Å². The summed E-state index contributed by atoms with van der Waals surface area (Å²) in [6, 6.07) is 12.6. The molecular formula is C38H48F4O2. The lowest BCUT2D eigenvalue weighted by atomic mass is 9.96. The largest absolute Gasteiger partial charge is 0.348 e. The predicted octanol–water partition coefficient (Wildman–Crippen LogP) is 11.9. The Morgan fingerprint density at radius 2 is 1.05 bits per heavy atom. The van der Waals surface area contributed by atoms with Gasteiger partial charge < -0.3 is 9.47 Å². The van der Waals surface area contributed by atoms with Gasteiger partial charge in [-0.3, -0.25) is 0 Å². The fourth-order valence-electron chi connectivity index (χ4n) is 6.00. The van der Waals surface area contributed by atoms with Gasteiger partial charge in [-0.2, -0.15) is 0 Å². The molecule has 0 aliphatic carbocycles. The summed E-state index contributed by atoms with van der Waals surface area (Å²) in [4.78, 5) is 0. The SMILES string of the molecule is CCCCCCCCCc1ccc(-c2ccc(-c3ccc(C4OCC(CCCCCCC)CO4)c(F)c3F)cc2)c(F)c1F. The monoisotopic (exact) mass is 612 g/mol. The Morgan fingerprint density at radius 3 is 1.64 bits per heavy atom. The van der Waals surface area contributed by atoms with E-state index in [2.05, 4.69) is 13.8 Å². The number of rotatable bonds is 17. The van der Waals surface area contributed by atoms with Crippen LogP contribution in [0.5, 0.6) is 0 Å². The molecule has 3 aromatic rings. The van der Waals surface area contributed by atoms with E-state index >= 15 is 13.2 Å². The normalized spacial score (nSPS) is 16.9. The predicted molar refractivity (Wildman–Crippen MR) is 170 cm³/mol. The molecule has 6 heteroatoms. The van der Waals surface area contributed by atoms with Crippen molar-refractivity contribution in [3.63, 3.8) is 0 Å². The second-order valence-corrected chi connectivity index (χ2v) is 12.2. The first-order valence-electron chi connectivity index (χ1n) is 16.7. The summed E-state index contributed by atoms with van der Waals surface area (Å²) in [5.74, 6) is -3.43. The topological polar surface area (TPSA) is 18.5 Å². The van der Waals surface area contributed by atoms with E-state index in [9.17, 15) is 4.39 Å². The Morgan fingerprint density at radius 1 is 0.545 bits per heavy atom. The van der Waals surface area contributed by atoms with Gasteiger partial charge in [0.15, 0.2) is 29.6 Å². The summed E-state index contributed by atoms with van der Waals surface area (Å²) in [6.45, 7) is 5.29. The molecule has 2 nitrogen and oxygen atoms in total. The van der Waals surface area contributed by atoms with Gasteiger partial charge in [0.05, 0.1) is 13.2 Å². The number of hydrogen-bond acceptors (Lipinski definition) is 2. The second kappa shape index (κ2) is 17.7. The molecule has 4 rings (SSSR count). The standard InChI is InChI=1S/C38H48F4O2/c1-3-5-7-9-10-12-14-16-30-21-22-31(35(40)34(30)39)28-17-19-29(20-18-28)32-23-24-33(37(42)36(32)41)38-43-25-27(26-44-38)15-13-11-8-6-4-2/h17-24,27,38H,3-16,25-26H2,1-2H3. The molecule has 0 unspecified atom stereocenters. The molecule has 1 saturated heterocycles. The maximum absolute atomic E-state index is 15.2. The van der Waals surface area contributed by atoms with Gasteiger partial charge in [0.25, 0.3) is 0 Å². The first-order chi connectivity index (χ1) is 21.4. The molecule has 0 amide bonds. The highest BCUT2D eigenvalue weighted by atomic mass is 19.2. The van der Waals surface area contributed by atoms with Gasteiger partial charge in [-0.15, -0.1) is 0 Å². The third kappa shape index (κ3) is 9.17. The molecule has 1 aliphatic heterocycles. The molecule has 44 heavy (non-hydrogen) atoms. The lowest BCUT2D eigenvalue weighted by Crippen LogP contribution is -2.27. The van der Waals surface area contributed by atoms with Crippen molar-refractivity contribution in [2.75, 3.05) is 13.2 Å². The molecule has 1 fully saturated rings. The van der Waals surface area contributed by atoms with Crippen molar-refractivity contribution in [2.24, 2.45) is 5.92 Å². The van der Waals surface area contributed by atoms with Gasteiger partial charge in [-0.05, 0) is 36.0 Å². The van der Waals surface area contributed by atoms with Gasteiger partial charge >= 0.3 is 0 Å². The van der Waals surface area contributed by atoms with Gasteiger partial charge in [0.1, 0.15) is 0 Å². The zero-order valence-corrected chi connectivity index (χ0v) is 26.4. The van der Waals surface area contributed by atoms with Crippen LogP contribution in [0.2, 0.25) is 0 Å². The Balaban J connectivity index is 1.35. The highest BCUT2D eigenvalue weighted by Crippen LogP contribution is 2.35. The molecule has 0 saturated carbocycles. The van der Waals surface area contributed by atoms with Crippen molar-refractivity contribution in [3.8, 4) is 22.3 Å². The van der Waals surface area contributed by atoms with E-state index < -0.39 is 29.6 Å². The van der Waals surface area contributed by atoms with Crippen LogP contribution in [0.15, 0.2) is 48.5 Å². The molecule has 0 radical (unpaired) electrons. The lowest BCUT2D eigenvalue weighted by molar-refractivity contribution is -0.207. The molecule has 0 spiro atoms. The summed E-state index contributed by atoms with van der Waals surface area (Å²) in [7, 11) is 0. The van der Waals surface area contributed by atoms with Crippen LogP contribution < -0.4 is 0 Å². The maximum atomic E-state index is 15.2. The number of benzene rings is 3. The summed E-state index contributed by atoms with van der Waals surface area (Å²) >= 11 is 0. The third-order valence-corrected chi connectivity index (χ3v) is 8.77. The number of ether oxygens (including phenoxy) is 2. The van der Waals surface area contributed by atoms with E-state index in [1.54, 1.807) is 36.4 Å². The van der Waals surface area contributed by atoms with Crippen LogP contribution in [-0.2, 0) is 15.9 Å². The van der Waals surface area contributed by atoms with E-state index in [4.69, 9.17) is 9.47 Å². The fraction of sp³-hybridized carbons (Fsp3) is 0.526. The summed E-state index contributed by atoms with van der Waals surface area (Å²) < 4.78 is 71.9. The van der Waals surface area contributed by atoms with E-state index in [1.807, 2.05) is 0 Å². The fourth-order valence-corrected chi connectivity index (χ4v) is 6.00. The third-order valence-electron chi connectivity index (χ3n) is 8.77. The van der Waals surface area contributed by atoms with E-state index in [1.165, 1.54) is 63.5 Å². The molecule has 3 aromatic carbocycles. The van der Waals surface area contributed by atoms with Crippen molar-refractivity contribution in [1.82, 2.24) is 0 Å². The van der Waals surface area contributed by atoms with Gasteiger partial charge in [0.2, 0.25) is 0 Å². The first kappa shape index (κ1) is 34.2. The number of hydrogen-bond donors (Lipinski definition) is 0. The first-order valence-corrected chi connectivity index (χ1v) is 16.7. The average molecular weight is 613 g/mol. The van der Waals surface area contributed by atoms with Crippen LogP contribution >= 0.6 is 0 Å². The minimum Gasteiger partial charge on any atom is -0.348 e. The zero-order valence-electron chi connectivity index (χ0n) is 26.4. The average Bonchev–Trinajstić information content (AvgIpc) is 3.04. The van der Waals surface area contributed by atoms with Crippen molar-refractivity contribution in [1.29, 1.82) is 0 Å². The Kier molecular flexibility index (Phi) is 13.7. The van der Waals surface area contributed by atoms with Gasteiger partial charge in [-0.1, -0.05) is 133 Å². The Bertz CT molecular complexity index is 1300. The van der Waals surface area contributed by atoms with Crippen molar-refractivity contribution >= 4 is 0 Å². The van der Waals surface area contributed by atoms with Crippen LogP contribution in [0.1, 0.15) is 115 Å². The van der Waals surface area contributed by atoms with E-state index in [-0.39, 0.29) is 22.6 Å². The van der Waals surface area contributed by atoms with Crippen LogP contribution in [-0.4, -0.2) is 13.2 Å². The molecule has 1 heterocycles. The van der Waals surface area contributed by atoms with Crippen molar-refractivity contribution in [2.45, 2.75) is 110 Å². The van der Waals surface area contributed by atoms with Gasteiger partial charge in [-0.25, -0.2) is 17.6 Å². The summed E-state index contributed by atoms with van der Waals surface area (Å²) in [5.41, 5.74) is 1.55. The molecule has 0 bridgehead atoms. The number of unbranched alkanes of at least 4 members (excludes halogenated alkanes) is 10. The number of halogens is 4. The highest BCUT2D eigenvalue weighted by molar-refractivity contribution is 5.71.